The number of hydrazine groups is 1. The average Bonchev–Trinajstić information content (AvgIpc) is 3.55. The summed E-state index contributed by atoms with van der Waals surface area (Å²) in [5.41, 5.74) is 3.83. The Morgan fingerprint density at radius 2 is 2.05 bits per heavy atom. The van der Waals surface area contributed by atoms with Crippen molar-refractivity contribution in [1.29, 1.82) is 0 Å². The molecule has 3 aliphatic heterocycles. The average molecular weight is 566 g/mol. The Labute approximate surface area is 234 Å². The van der Waals surface area contributed by atoms with Gasteiger partial charge in [0.2, 0.25) is 0 Å². The molecule has 2 saturated heterocycles. The van der Waals surface area contributed by atoms with Crippen LogP contribution in [0.2, 0.25) is 0 Å². The van der Waals surface area contributed by atoms with Crippen LogP contribution in [-0.2, 0) is 17.5 Å². The minimum absolute atomic E-state index is 0.0215. The lowest BCUT2D eigenvalue weighted by atomic mass is 9.71. The largest absolute Gasteiger partial charge is 0.418 e. The summed E-state index contributed by atoms with van der Waals surface area (Å²) in [4.78, 5) is 13.7. The van der Waals surface area contributed by atoms with E-state index in [9.17, 15) is 18.0 Å². The van der Waals surface area contributed by atoms with Crippen molar-refractivity contribution in [2.75, 3.05) is 20.3 Å². The topological polar surface area (TPSA) is 78.6 Å². The van der Waals surface area contributed by atoms with Crippen LogP contribution in [0, 0.1) is 12.1 Å². The highest BCUT2D eigenvalue weighted by atomic mass is 19.4. The van der Waals surface area contributed by atoms with Crippen LogP contribution in [-0.4, -0.2) is 50.7 Å². The van der Waals surface area contributed by atoms with Crippen LogP contribution < -0.4 is 11.1 Å². The van der Waals surface area contributed by atoms with Gasteiger partial charge in [0.25, 0.3) is 0 Å². The highest BCUT2D eigenvalue weighted by molar-refractivity contribution is 5.58. The fourth-order valence-electron chi connectivity index (χ4n) is 6.42. The smallest absolute Gasteiger partial charge is 0.377 e. The highest BCUT2D eigenvalue weighted by Gasteiger charge is 2.49. The predicted octanol–water partition coefficient (Wildman–Crippen LogP) is 4.61. The van der Waals surface area contributed by atoms with Crippen LogP contribution in [0.5, 0.6) is 0 Å². The first-order valence-electron chi connectivity index (χ1n) is 13.7. The molecule has 3 fully saturated rings. The maximum absolute atomic E-state index is 14.3. The highest BCUT2D eigenvalue weighted by Crippen LogP contribution is 2.46. The quantitative estimate of drug-likeness (QED) is 0.443. The zero-order valence-electron chi connectivity index (χ0n) is 22.6. The molecule has 9 nitrogen and oxygen atoms in total. The molecule has 1 spiro atoms. The Morgan fingerprint density at radius 1 is 1.24 bits per heavy atom. The molecule has 1 N–H and O–H groups in total. The van der Waals surface area contributed by atoms with Gasteiger partial charge in [-0.15, -0.1) is 0 Å². The third kappa shape index (κ3) is 4.31. The number of likely N-dealkylation sites (N-methyl/N-ethyl adjacent to an activating group) is 1. The Bertz CT molecular complexity index is 1660. The summed E-state index contributed by atoms with van der Waals surface area (Å²) in [6, 6.07) is 8.58. The van der Waals surface area contributed by atoms with Crippen molar-refractivity contribution >= 4 is 11.9 Å². The molecule has 4 aliphatic rings. The summed E-state index contributed by atoms with van der Waals surface area (Å²) < 4.78 is 52.7. The number of azo groups is 1. The zero-order chi connectivity index (χ0) is 28.5. The molecular weight excluding hydrogens is 535 g/mol. The van der Waals surface area contributed by atoms with E-state index in [1.54, 1.807) is 12.4 Å². The van der Waals surface area contributed by atoms with Gasteiger partial charge in [0.1, 0.15) is 0 Å². The van der Waals surface area contributed by atoms with Gasteiger partial charge in [-0.05, 0) is 53.2 Å². The molecule has 41 heavy (non-hydrogen) atoms. The Hall–Kier alpha value is -3.77. The first kappa shape index (κ1) is 26.1. The minimum atomic E-state index is -4.65. The third-order valence-electron chi connectivity index (χ3n) is 8.77. The second-order valence-electron chi connectivity index (χ2n) is 11.6. The first-order chi connectivity index (χ1) is 19.6. The molecule has 1 aromatic carbocycles. The SMILES string of the molecule is C=C1CC2(COC2)N(Cc2cc(C(F)(F)F)c3cn(-c4cccc([C@H]([C]5N=NC=[N+]5C)C5CCC5)c4)c(=O)n3c2)N1. The maximum atomic E-state index is 14.3. The maximum Gasteiger partial charge on any atom is 0.418 e. The normalized spacial score (nSPS) is 21.8. The van der Waals surface area contributed by atoms with Gasteiger partial charge in [-0.3, -0.25) is 8.97 Å². The third-order valence-corrected chi connectivity index (χ3v) is 8.77. The van der Waals surface area contributed by atoms with Gasteiger partial charge in [-0.1, -0.05) is 25.1 Å². The summed E-state index contributed by atoms with van der Waals surface area (Å²) in [6.07, 6.45) is 4.54. The number of nitrogens with zero attached hydrogens (tertiary/aromatic N) is 6. The monoisotopic (exact) mass is 565 g/mol. The summed E-state index contributed by atoms with van der Waals surface area (Å²) >= 11 is 0. The molecule has 2 aromatic heterocycles. The van der Waals surface area contributed by atoms with Crippen LogP contribution in [0.4, 0.5) is 13.2 Å². The summed E-state index contributed by atoms with van der Waals surface area (Å²) in [6.45, 7) is 5.08. The number of nitrogens with one attached hydrogen (secondary N) is 1. The molecule has 7 rings (SSSR count). The van der Waals surface area contributed by atoms with E-state index >= 15 is 0 Å². The molecule has 3 aromatic rings. The van der Waals surface area contributed by atoms with Gasteiger partial charge in [0.15, 0.2) is 0 Å². The molecule has 213 valence electrons. The summed E-state index contributed by atoms with van der Waals surface area (Å²) in [5.74, 6) is 0.365. The van der Waals surface area contributed by atoms with E-state index in [2.05, 4.69) is 22.2 Å². The predicted molar refractivity (Wildman–Crippen MR) is 144 cm³/mol. The number of benzene rings is 1. The van der Waals surface area contributed by atoms with E-state index in [-0.39, 0.29) is 23.5 Å². The number of pyridine rings is 1. The molecule has 1 aliphatic carbocycles. The molecule has 1 atom stereocenters. The lowest BCUT2D eigenvalue weighted by molar-refractivity contribution is -0.480. The number of fused-ring (bicyclic) bond motifs is 1. The van der Waals surface area contributed by atoms with E-state index in [1.807, 2.05) is 34.8 Å². The van der Waals surface area contributed by atoms with Crippen LogP contribution in [0.25, 0.3) is 11.2 Å². The number of aromatic nitrogens is 2. The number of hydrogen-bond acceptors (Lipinski definition) is 6. The van der Waals surface area contributed by atoms with E-state index in [0.29, 0.717) is 36.8 Å². The van der Waals surface area contributed by atoms with Crippen molar-refractivity contribution in [2.45, 2.75) is 49.9 Å². The van der Waals surface area contributed by atoms with Gasteiger partial charge in [0, 0.05) is 31.1 Å². The summed E-state index contributed by atoms with van der Waals surface area (Å²) in [5, 5.41) is 10.3. The van der Waals surface area contributed by atoms with E-state index in [0.717, 1.165) is 47.2 Å². The molecule has 1 radical (unpaired) electrons. The number of imidazole rings is 1. The standard InChI is InChI=1S/C29H30F3N7O2/c1-18-11-28(15-41-16-28)39(35-18)13-19-9-23(29(30,31)32)24-14-37(27(40)38(24)12-19)22-8-4-7-21(10-22)25(20-5-3-6-20)26-34-33-17-36(26)2/h4,7-10,12,14,17,20,25,35H,1,3,5-6,11,13,15-16H2,2H3/q+1/t25-/m1/s1. The van der Waals surface area contributed by atoms with Crippen LogP contribution in [0.15, 0.2) is 70.0 Å². The molecule has 12 heteroatoms. The number of halogens is 3. The van der Waals surface area contributed by atoms with Gasteiger partial charge >= 0.3 is 24.4 Å². The molecule has 1 saturated carbocycles. The number of rotatable bonds is 6. The van der Waals surface area contributed by atoms with Crippen LogP contribution in [0.1, 0.15) is 48.3 Å². The van der Waals surface area contributed by atoms with Crippen molar-refractivity contribution in [3.63, 3.8) is 0 Å². The second kappa shape index (κ2) is 9.38. The number of hydrogen-bond donors (Lipinski definition) is 1. The van der Waals surface area contributed by atoms with Crippen molar-refractivity contribution in [3.8, 4) is 5.69 Å². The lowest BCUT2D eigenvalue weighted by Crippen LogP contribution is -2.60. The van der Waals surface area contributed by atoms with E-state index in [1.165, 1.54) is 17.0 Å². The van der Waals surface area contributed by atoms with Crippen LogP contribution in [0.3, 0.4) is 0 Å². The molecule has 0 bridgehead atoms. The molecule has 0 unspecified atom stereocenters. The Kier molecular flexibility index (Phi) is 5.98. The summed E-state index contributed by atoms with van der Waals surface area (Å²) in [7, 11) is 1.90. The first-order valence-corrected chi connectivity index (χ1v) is 13.7. The van der Waals surface area contributed by atoms with Crippen molar-refractivity contribution in [2.24, 2.45) is 16.1 Å². The number of ether oxygens (including phenoxy) is 1. The Morgan fingerprint density at radius 3 is 2.68 bits per heavy atom. The van der Waals surface area contributed by atoms with E-state index < -0.39 is 17.4 Å². The molecule has 5 heterocycles. The van der Waals surface area contributed by atoms with Crippen LogP contribution >= 0.6 is 0 Å². The van der Waals surface area contributed by atoms with Crippen molar-refractivity contribution in [1.82, 2.24) is 19.4 Å². The van der Waals surface area contributed by atoms with Gasteiger partial charge in [-0.2, -0.15) is 13.2 Å². The van der Waals surface area contributed by atoms with Gasteiger partial charge < -0.3 is 10.2 Å². The van der Waals surface area contributed by atoms with Gasteiger partial charge in [-0.25, -0.2) is 14.4 Å². The lowest BCUT2D eigenvalue weighted by Gasteiger charge is -2.43. The fourth-order valence-corrected chi connectivity index (χ4v) is 6.42. The van der Waals surface area contributed by atoms with Gasteiger partial charge in [0.05, 0.1) is 53.6 Å². The second-order valence-corrected chi connectivity index (χ2v) is 11.6. The van der Waals surface area contributed by atoms with Crippen molar-refractivity contribution in [3.05, 3.63) is 88.3 Å². The minimum Gasteiger partial charge on any atom is -0.377 e. The molecule has 0 amide bonds. The Balaban J connectivity index is 1.29. The fraction of sp³-hybridized carbons (Fsp3) is 0.414. The zero-order valence-corrected chi connectivity index (χ0v) is 22.6. The number of alkyl halides is 3. The molecular formula is C29H30F3N7O2+. The van der Waals surface area contributed by atoms with Crippen molar-refractivity contribution < 1.29 is 22.5 Å². The van der Waals surface area contributed by atoms with E-state index in [4.69, 9.17) is 4.74 Å².